The Balaban J connectivity index is 1.37. The molecule has 2 saturated heterocycles. The van der Waals surface area contributed by atoms with E-state index in [1.165, 1.54) is 9.80 Å². The van der Waals surface area contributed by atoms with Crippen LogP contribution in [0.25, 0.3) is 10.9 Å². The average Bonchev–Trinajstić information content (AvgIpc) is 2.97. The van der Waals surface area contributed by atoms with Crippen LogP contribution in [0.3, 0.4) is 0 Å². The lowest BCUT2D eigenvalue weighted by Gasteiger charge is -2.40. The van der Waals surface area contributed by atoms with Crippen molar-refractivity contribution in [3.05, 3.63) is 34.7 Å². The van der Waals surface area contributed by atoms with E-state index in [1.54, 1.807) is 23.1 Å². The highest BCUT2D eigenvalue weighted by molar-refractivity contribution is 6.35. The summed E-state index contributed by atoms with van der Waals surface area (Å²) in [6, 6.07) is 4.84. The number of carbonyl (C=O) groups is 2. The van der Waals surface area contributed by atoms with Gasteiger partial charge in [-0.15, -0.1) is 0 Å². The number of hydrogen-bond donors (Lipinski definition) is 1. The maximum Gasteiger partial charge on any atom is 0.273 e. The molecule has 4 rings (SSSR count). The van der Waals surface area contributed by atoms with Crippen molar-refractivity contribution >= 4 is 34.3 Å². The van der Waals surface area contributed by atoms with E-state index in [4.69, 9.17) is 11.6 Å². The third-order valence-corrected chi connectivity index (χ3v) is 5.43. The Labute approximate surface area is 163 Å². The fraction of sp³-hybridized carbons (Fsp3) is 0.444. The lowest BCUT2D eigenvalue weighted by molar-refractivity contribution is -0.151. The molecule has 28 heavy (non-hydrogen) atoms. The number of fused-ring (bicyclic) bond motifs is 1. The van der Waals surface area contributed by atoms with Crippen molar-refractivity contribution in [2.75, 3.05) is 45.8 Å². The first-order valence-electron chi connectivity index (χ1n) is 8.88. The minimum absolute atomic E-state index is 0.0569. The number of benzene rings is 1. The predicted molar refractivity (Wildman–Crippen MR) is 97.1 cm³/mol. The van der Waals surface area contributed by atoms with Crippen LogP contribution in [0.1, 0.15) is 10.5 Å². The molecule has 6 nitrogen and oxygen atoms in total. The standard InChI is InChI=1S/C18H18ClF3N4O2/c19-11-2-1-3-12-14(11)15(20)16(23-12)17(28)26-6-4-25(5-7-26)13(27)8-24-9-18(21,22)10-24/h1-3,23H,4-10H2. The molecule has 1 aromatic heterocycles. The Hall–Kier alpha value is -2.26. The smallest absolute Gasteiger partial charge is 0.273 e. The Kier molecular flexibility index (Phi) is 4.75. The Bertz CT molecular complexity index is 932. The summed E-state index contributed by atoms with van der Waals surface area (Å²) in [6.07, 6.45) is 0. The number of carbonyl (C=O) groups excluding carboxylic acids is 2. The number of H-pyrrole nitrogens is 1. The minimum Gasteiger partial charge on any atom is -0.348 e. The van der Waals surface area contributed by atoms with E-state index >= 15 is 0 Å². The third kappa shape index (κ3) is 3.44. The molecule has 3 heterocycles. The minimum atomic E-state index is -2.71. The first-order chi connectivity index (χ1) is 13.2. The van der Waals surface area contributed by atoms with Gasteiger partial charge in [0.1, 0.15) is 5.69 Å². The topological polar surface area (TPSA) is 59.7 Å². The maximum absolute atomic E-state index is 14.7. The van der Waals surface area contributed by atoms with Gasteiger partial charge in [-0.25, -0.2) is 13.2 Å². The lowest BCUT2D eigenvalue weighted by Crippen LogP contribution is -2.60. The summed E-state index contributed by atoms with van der Waals surface area (Å²) in [6.45, 7) is 0.166. The molecular weight excluding hydrogens is 397 g/mol. The van der Waals surface area contributed by atoms with E-state index in [9.17, 15) is 22.8 Å². The molecule has 2 aromatic rings. The van der Waals surface area contributed by atoms with Crippen LogP contribution < -0.4 is 0 Å². The van der Waals surface area contributed by atoms with Crippen molar-refractivity contribution in [3.8, 4) is 0 Å². The van der Waals surface area contributed by atoms with E-state index < -0.39 is 30.7 Å². The summed E-state index contributed by atoms with van der Waals surface area (Å²) < 4.78 is 40.4. The highest BCUT2D eigenvalue weighted by Crippen LogP contribution is 2.29. The zero-order valence-corrected chi connectivity index (χ0v) is 15.6. The molecule has 2 amide bonds. The molecule has 2 fully saturated rings. The van der Waals surface area contributed by atoms with Gasteiger partial charge in [0.2, 0.25) is 5.91 Å². The van der Waals surface area contributed by atoms with Gasteiger partial charge in [-0.3, -0.25) is 14.5 Å². The molecular formula is C18H18ClF3N4O2. The maximum atomic E-state index is 14.7. The Morgan fingerprint density at radius 3 is 2.36 bits per heavy atom. The number of amides is 2. The molecule has 150 valence electrons. The molecule has 0 atom stereocenters. The van der Waals surface area contributed by atoms with Crippen LogP contribution in [0, 0.1) is 5.82 Å². The molecule has 0 spiro atoms. The van der Waals surface area contributed by atoms with Crippen molar-refractivity contribution < 1.29 is 22.8 Å². The second-order valence-electron chi connectivity index (χ2n) is 7.15. The summed E-state index contributed by atoms with van der Waals surface area (Å²) in [7, 11) is 0. The quantitative estimate of drug-likeness (QED) is 0.837. The predicted octanol–water partition coefficient (Wildman–Crippen LogP) is 2.20. The van der Waals surface area contributed by atoms with Gasteiger partial charge in [0.25, 0.3) is 11.8 Å². The van der Waals surface area contributed by atoms with Gasteiger partial charge in [0.15, 0.2) is 5.82 Å². The largest absolute Gasteiger partial charge is 0.348 e. The fourth-order valence-corrected chi connectivity index (χ4v) is 3.90. The highest BCUT2D eigenvalue weighted by atomic mass is 35.5. The highest BCUT2D eigenvalue weighted by Gasteiger charge is 2.44. The molecule has 10 heteroatoms. The van der Waals surface area contributed by atoms with Crippen molar-refractivity contribution in [2.45, 2.75) is 5.92 Å². The second-order valence-corrected chi connectivity index (χ2v) is 7.56. The van der Waals surface area contributed by atoms with Crippen LogP contribution in [0.15, 0.2) is 18.2 Å². The van der Waals surface area contributed by atoms with Crippen LogP contribution in [-0.2, 0) is 4.79 Å². The molecule has 0 radical (unpaired) electrons. The molecule has 2 aliphatic heterocycles. The number of aromatic nitrogens is 1. The normalized spacial score (nSPS) is 19.7. The zero-order valence-electron chi connectivity index (χ0n) is 14.9. The number of alkyl halides is 2. The monoisotopic (exact) mass is 414 g/mol. The molecule has 0 saturated carbocycles. The zero-order chi connectivity index (χ0) is 20.1. The van der Waals surface area contributed by atoms with Crippen molar-refractivity contribution in [3.63, 3.8) is 0 Å². The number of aromatic amines is 1. The van der Waals surface area contributed by atoms with E-state index in [2.05, 4.69) is 4.98 Å². The molecule has 1 aromatic carbocycles. The van der Waals surface area contributed by atoms with Gasteiger partial charge < -0.3 is 14.8 Å². The van der Waals surface area contributed by atoms with Crippen LogP contribution >= 0.6 is 11.6 Å². The van der Waals surface area contributed by atoms with Gasteiger partial charge in [-0.2, -0.15) is 0 Å². The van der Waals surface area contributed by atoms with E-state index in [-0.39, 0.29) is 54.7 Å². The number of hydrogen-bond acceptors (Lipinski definition) is 3. The summed E-state index contributed by atoms with van der Waals surface area (Å²) >= 11 is 6.02. The summed E-state index contributed by atoms with van der Waals surface area (Å²) in [5.74, 6) is -4.15. The molecule has 2 aliphatic rings. The van der Waals surface area contributed by atoms with E-state index in [0.717, 1.165) is 0 Å². The SMILES string of the molecule is O=C(CN1CC(F)(F)C1)N1CCN(C(=O)c2[nH]c3cccc(Cl)c3c2F)CC1. The van der Waals surface area contributed by atoms with Crippen LogP contribution in [-0.4, -0.2) is 83.2 Å². The fourth-order valence-electron chi connectivity index (χ4n) is 3.64. The number of piperazine rings is 1. The molecule has 0 aliphatic carbocycles. The number of nitrogens with zero attached hydrogens (tertiary/aromatic N) is 3. The summed E-state index contributed by atoms with van der Waals surface area (Å²) in [5, 5.41) is 0.393. The van der Waals surface area contributed by atoms with Gasteiger partial charge >= 0.3 is 0 Å². The number of likely N-dealkylation sites (tertiary alicyclic amines) is 1. The number of rotatable bonds is 3. The van der Waals surface area contributed by atoms with Crippen LogP contribution in [0.4, 0.5) is 13.2 Å². The van der Waals surface area contributed by atoms with Gasteiger partial charge in [0.05, 0.1) is 35.6 Å². The van der Waals surface area contributed by atoms with E-state index in [1.807, 2.05) is 0 Å². The summed E-state index contributed by atoms with van der Waals surface area (Å²) in [4.78, 5) is 32.1. The number of nitrogens with one attached hydrogen (secondary N) is 1. The first kappa shape index (κ1) is 19.1. The molecule has 1 N–H and O–H groups in total. The van der Waals surface area contributed by atoms with Gasteiger partial charge in [-0.05, 0) is 12.1 Å². The van der Waals surface area contributed by atoms with Crippen molar-refractivity contribution in [2.24, 2.45) is 0 Å². The van der Waals surface area contributed by atoms with Crippen LogP contribution in [0.5, 0.6) is 0 Å². The Morgan fingerprint density at radius 2 is 1.75 bits per heavy atom. The lowest BCUT2D eigenvalue weighted by atomic mass is 10.1. The van der Waals surface area contributed by atoms with Crippen LogP contribution in [0.2, 0.25) is 5.02 Å². The Morgan fingerprint density at radius 1 is 1.11 bits per heavy atom. The number of halogens is 4. The summed E-state index contributed by atoms with van der Waals surface area (Å²) in [5.41, 5.74) is 0.277. The van der Waals surface area contributed by atoms with Crippen molar-refractivity contribution in [1.82, 2.24) is 19.7 Å². The third-order valence-electron chi connectivity index (χ3n) is 5.11. The van der Waals surface area contributed by atoms with Crippen molar-refractivity contribution in [1.29, 1.82) is 0 Å². The van der Waals surface area contributed by atoms with Gasteiger partial charge in [0, 0.05) is 26.2 Å². The second kappa shape index (κ2) is 6.97. The molecule has 0 unspecified atom stereocenters. The average molecular weight is 415 g/mol. The van der Waals surface area contributed by atoms with E-state index in [0.29, 0.717) is 5.52 Å². The van der Waals surface area contributed by atoms with Gasteiger partial charge in [-0.1, -0.05) is 17.7 Å². The first-order valence-corrected chi connectivity index (χ1v) is 9.26. The molecule has 0 bridgehead atoms.